The van der Waals surface area contributed by atoms with Crippen molar-refractivity contribution >= 4 is 10.0 Å². The number of aliphatic hydroxyl groups is 1. The molecule has 0 bridgehead atoms. The predicted octanol–water partition coefficient (Wildman–Crippen LogP) is 0.724. The van der Waals surface area contributed by atoms with Gasteiger partial charge in [-0.05, 0) is 30.6 Å². The monoisotopic (exact) mass is 235 g/mol. The first-order valence-corrected chi connectivity index (χ1v) is 7.15. The Kier molecular flexibility index (Phi) is 4.14. The molecule has 0 amide bonds. The van der Waals surface area contributed by atoms with Crippen LogP contribution in [-0.4, -0.2) is 32.4 Å². The third-order valence-electron chi connectivity index (χ3n) is 3.33. The zero-order chi connectivity index (χ0) is 11.5. The predicted molar refractivity (Wildman–Crippen MR) is 60.0 cm³/mol. The van der Waals surface area contributed by atoms with E-state index in [1.165, 1.54) is 0 Å². The van der Waals surface area contributed by atoms with Gasteiger partial charge in [-0.15, -0.1) is 0 Å². The maximum Gasteiger partial charge on any atom is 0.211 e. The third kappa shape index (κ3) is 3.74. The summed E-state index contributed by atoms with van der Waals surface area (Å²) in [6.07, 6.45) is 2.55. The van der Waals surface area contributed by atoms with Crippen LogP contribution in [-0.2, 0) is 10.0 Å². The van der Waals surface area contributed by atoms with Gasteiger partial charge in [0.05, 0.1) is 5.75 Å². The van der Waals surface area contributed by atoms with Gasteiger partial charge in [0.15, 0.2) is 0 Å². The van der Waals surface area contributed by atoms with Gasteiger partial charge in [0, 0.05) is 13.2 Å². The Labute approximate surface area is 92.1 Å². The molecule has 0 aromatic heterocycles. The van der Waals surface area contributed by atoms with Gasteiger partial charge in [-0.2, -0.15) is 0 Å². The third-order valence-corrected chi connectivity index (χ3v) is 4.74. The van der Waals surface area contributed by atoms with Gasteiger partial charge < -0.3 is 5.11 Å². The second-order valence-electron chi connectivity index (χ2n) is 4.73. The molecule has 5 heteroatoms. The molecule has 0 unspecified atom stereocenters. The van der Waals surface area contributed by atoms with E-state index in [0.29, 0.717) is 18.9 Å². The molecule has 0 aliphatic heterocycles. The molecule has 0 aromatic carbocycles. The summed E-state index contributed by atoms with van der Waals surface area (Å²) in [4.78, 5) is 0. The van der Waals surface area contributed by atoms with Crippen molar-refractivity contribution < 1.29 is 13.5 Å². The van der Waals surface area contributed by atoms with Crippen molar-refractivity contribution in [3.05, 3.63) is 0 Å². The molecule has 2 N–H and O–H groups in total. The molecule has 90 valence electrons. The fraction of sp³-hybridized carbons (Fsp3) is 1.00. The standard InChI is InChI=1S/C10H21NO3S/c1-9(2)10(4-5-10)8-11-15(13,14)7-3-6-12/h9,11-12H,3-8H2,1-2H3. The average Bonchev–Trinajstić information content (AvgIpc) is 2.93. The summed E-state index contributed by atoms with van der Waals surface area (Å²) in [6, 6.07) is 0. The van der Waals surface area contributed by atoms with Crippen LogP contribution in [0.5, 0.6) is 0 Å². The SMILES string of the molecule is CC(C)C1(CNS(=O)(=O)CCCO)CC1. The average molecular weight is 235 g/mol. The lowest BCUT2D eigenvalue weighted by Gasteiger charge is -2.19. The molecular formula is C10H21NO3S. The first-order chi connectivity index (χ1) is 6.92. The first-order valence-electron chi connectivity index (χ1n) is 5.50. The normalized spacial score (nSPS) is 19.5. The molecule has 0 saturated heterocycles. The second kappa shape index (κ2) is 4.80. The Hall–Kier alpha value is -0.130. The highest BCUT2D eigenvalue weighted by Gasteiger charge is 2.45. The Morgan fingerprint density at radius 2 is 2.00 bits per heavy atom. The molecule has 1 aliphatic carbocycles. The Morgan fingerprint density at radius 3 is 2.40 bits per heavy atom. The van der Waals surface area contributed by atoms with Crippen molar-refractivity contribution in [1.82, 2.24) is 4.72 Å². The van der Waals surface area contributed by atoms with Crippen molar-refractivity contribution in [2.24, 2.45) is 11.3 Å². The first kappa shape index (κ1) is 12.9. The number of rotatable bonds is 7. The maximum absolute atomic E-state index is 11.5. The van der Waals surface area contributed by atoms with Crippen molar-refractivity contribution in [2.75, 3.05) is 18.9 Å². The minimum Gasteiger partial charge on any atom is -0.396 e. The smallest absolute Gasteiger partial charge is 0.211 e. The van der Waals surface area contributed by atoms with E-state index < -0.39 is 10.0 Å². The fourth-order valence-electron chi connectivity index (χ4n) is 1.70. The lowest BCUT2D eigenvalue weighted by molar-refractivity contribution is 0.295. The van der Waals surface area contributed by atoms with E-state index in [0.717, 1.165) is 12.8 Å². The topological polar surface area (TPSA) is 66.4 Å². The van der Waals surface area contributed by atoms with Crippen LogP contribution in [0.1, 0.15) is 33.1 Å². The molecular weight excluding hydrogens is 214 g/mol. The lowest BCUT2D eigenvalue weighted by atomic mass is 9.93. The Morgan fingerprint density at radius 1 is 1.40 bits per heavy atom. The van der Waals surface area contributed by atoms with Gasteiger partial charge in [-0.1, -0.05) is 13.8 Å². The molecule has 4 nitrogen and oxygen atoms in total. The molecule has 1 fully saturated rings. The van der Waals surface area contributed by atoms with Gasteiger partial charge in [0.2, 0.25) is 10.0 Å². The van der Waals surface area contributed by atoms with E-state index >= 15 is 0 Å². The number of aliphatic hydroxyl groups excluding tert-OH is 1. The highest BCUT2D eigenvalue weighted by Crippen LogP contribution is 2.51. The molecule has 1 saturated carbocycles. The van der Waals surface area contributed by atoms with E-state index in [4.69, 9.17) is 5.11 Å². The van der Waals surface area contributed by atoms with E-state index in [1.54, 1.807) is 0 Å². The van der Waals surface area contributed by atoms with Gasteiger partial charge in [-0.25, -0.2) is 13.1 Å². The van der Waals surface area contributed by atoms with Crippen LogP contribution in [0.15, 0.2) is 0 Å². The quantitative estimate of drug-likeness (QED) is 0.683. The summed E-state index contributed by atoms with van der Waals surface area (Å²) >= 11 is 0. The van der Waals surface area contributed by atoms with E-state index in [1.807, 2.05) is 0 Å². The van der Waals surface area contributed by atoms with E-state index in [9.17, 15) is 8.42 Å². The number of nitrogens with one attached hydrogen (secondary N) is 1. The minimum atomic E-state index is -3.18. The fourth-order valence-corrected chi connectivity index (χ4v) is 2.86. The van der Waals surface area contributed by atoms with Gasteiger partial charge in [-0.3, -0.25) is 0 Å². The number of hydrogen-bond donors (Lipinski definition) is 2. The largest absolute Gasteiger partial charge is 0.396 e. The molecule has 0 radical (unpaired) electrons. The van der Waals surface area contributed by atoms with Crippen molar-refractivity contribution in [3.63, 3.8) is 0 Å². The summed E-state index contributed by atoms with van der Waals surface area (Å²) < 4.78 is 25.6. The van der Waals surface area contributed by atoms with Crippen LogP contribution >= 0.6 is 0 Å². The second-order valence-corrected chi connectivity index (χ2v) is 6.66. The Balaban J connectivity index is 2.36. The molecule has 1 aliphatic rings. The van der Waals surface area contributed by atoms with Crippen LogP contribution in [0.2, 0.25) is 0 Å². The van der Waals surface area contributed by atoms with Crippen LogP contribution < -0.4 is 4.72 Å². The summed E-state index contributed by atoms with van der Waals surface area (Å²) in [5, 5.41) is 8.57. The van der Waals surface area contributed by atoms with Crippen LogP contribution in [0.3, 0.4) is 0 Å². The Bertz CT molecular complexity index is 294. The molecule has 0 aromatic rings. The van der Waals surface area contributed by atoms with Crippen molar-refractivity contribution in [3.8, 4) is 0 Å². The van der Waals surface area contributed by atoms with Gasteiger partial charge in [0.1, 0.15) is 0 Å². The zero-order valence-corrected chi connectivity index (χ0v) is 10.3. The molecule has 1 rings (SSSR count). The van der Waals surface area contributed by atoms with Crippen molar-refractivity contribution in [1.29, 1.82) is 0 Å². The summed E-state index contributed by atoms with van der Waals surface area (Å²) in [5.41, 5.74) is 0.201. The molecule has 0 spiro atoms. The van der Waals surface area contributed by atoms with E-state index in [2.05, 4.69) is 18.6 Å². The molecule has 0 atom stereocenters. The van der Waals surface area contributed by atoms with Crippen LogP contribution in [0, 0.1) is 11.3 Å². The zero-order valence-electron chi connectivity index (χ0n) is 9.49. The molecule has 15 heavy (non-hydrogen) atoms. The molecule has 0 heterocycles. The number of sulfonamides is 1. The number of hydrogen-bond acceptors (Lipinski definition) is 3. The van der Waals surface area contributed by atoms with Gasteiger partial charge in [0.25, 0.3) is 0 Å². The van der Waals surface area contributed by atoms with Gasteiger partial charge >= 0.3 is 0 Å². The minimum absolute atomic E-state index is 0.0255. The lowest BCUT2D eigenvalue weighted by Crippen LogP contribution is -2.34. The van der Waals surface area contributed by atoms with Crippen LogP contribution in [0.4, 0.5) is 0 Å². The van der Waals surface area contributed by atoms with E-state index in [-0.39, 0.29) is 17.8 Å². The summed E-state index contributed by atoms with van der Waals surface area (Å²) in [6.45, 7) is 4.75. The summed E-state index contributed by atoms with van der Waals surface area (Å²) in [5.74, 6) is 0.551. The van der Waals surface area contributed by atoms with Crippen molar-refractivity contribution in [2.45, 2.75) is 33.1 Å². The maximum atomic E-state index is 11.5. The van der Waals surface area contributed by atoms with Crippen LogP contribution in [0.25, 0.3) is 0 Å². The highest BCUT2D eigenvalue weighted by molar-refractivity contribution is 7.89. The summed E-state index contributed by atoms with van der Waals surface area (Å²) in [7, 11) is -3.18. The highest BCUT2D eigenvalue weighted by atomic mass is 32.2.